The lowest BCUT2D eigenvalue weighted by atomic mass is 11.0. The first-order valence-corrected chi connectivity index (χ1v) is 5.02. The molecule has 50 valence electrons. The van der Waals surface area contributed by atoms with E-state index >= 15 is 0 Å². The maximum absolute atomic E-state index is 10.6. The Morgan fingerprint density at radius 3 is 2.56 bits per heavy atom. The fraction of sp³-hybridized carbons (Fsp3) is 0.250. The van der Waals surface area contributed by atoms with Crippen molar-refractivity contribution < 1.29 is 8.42 Å². The molecule has 0 N–H and O–H groups in total. The van der Waals surface area contributed by atoms with Gasteiger partial charge in [-0.3, -0.25) is 0 Å². The second-order valence-corrected chi connectivity index (χ2v) is 4.28. The normalized spacial score (nSPS) is 11.7. The second-order valence-electron chi connectivity index (χ2n) is 1.60. The van der Waals surface area contributed by atoms with Gasteiger partial charge in [-0.25, -0.2) is 13.4 Å². The Morgan fingerprint density at radius 2 is 2.33 bits per heavy atom. The Labute approximate surface area is 57.3 Å². The van der Waals surface area contributed by atoms with Crippen LogP contribution < -0.4 is 0 Å². The van der Waals surface area contributed by atoms with Crippen LogP contribution in [0, 0.1) is 0 Å². The molecule has 1 rings (SSSR count). The molecule has 5 heteroatoms. The summed E-state index contributed by atoms with van der Waals surface area (Å²) in [5, 5.41) is 1.67. The first-order valence-electron chi connectivity index (χ1n) is 2.19. The minimum atomic E-state index is -3.06. The molecule has 0 bridgehead atoms. The third-order valence-corrected chi connectivity index (χ3v) is 2.51. The van der Waals surface area contributed by atoms with Crippen LogP contribution in [0.3, 0.4) is 0 Å². The van der Waals surface area contributed by atoms with Crippen LogP contribution in [0.5, 0.6) is 0 Å². The molecule has 1 aromatic rings. The number of aromatic nitrogens is 1. The smallest absolute Gasteiger partial charge is 0.193 e. The number of hydrogen-bond donors (Lipinski definition) is 0. The van der Waals surface area contributed by atoms with Gasteiger partial charge in [-0.1, -0.05) is 0 Å². The predicted octanol–water partition coefficient (Wildman–Crippen LogP) is 0.547. The molecule has 0 amide bonds. The maximum Gasteiger partial charge on any atom is 0.193 e. The van der Waals surface area contributed by atoms with E-state index in [0.717, 1.165) is 6.26 Å². The quantitative estimate of drug-likeness (QED) is 0.607. The Balaban J connectivity index is 3.20. The Bertz CT molecular complexity index is 274. The van der Waals surface area contributed by atoms with E-state index in [2.05, 4.69) is 4.98 Å². The third kappa shape index (κ3) is 1.49. The van der Waals surface area contributed by atoms with E-state index in [9.17, 15) is 8.42 Å². The zero-order valence-corrected chi connectivity index (χ0v) is 6.37. The summed E-state index contributed by atoms with van der Waals surface area (Å²) < 4.78 is 21.3. The van der Waals surface area contributed by atoms with Crippen LogP contribution in [0.4, 0.5) is 0 Å². The molecule has 0 aliphatic carbocycles. The monoisotopic (exact) mass is 163 g/mol. The highest BCUT2D eigenvalue weighted by Gasteiger charge is 2.06. The van der Waals surface area contributed by atoms with E-state index in [4.69, 9.17) is 0 Å². The van der Waals surface area contributed by atoms with Gasteiger partial charge >= 0.3 is 0 Å². The Morgan fingerprint density at radius 1 is 1.67 bits per heavy atom. The standard InChI is InChI=1S/C4H5NO2S2/c1-9(6,7)4-2-8-3-5-4/h2-3H,1H3. The molecular formula is C4H5NO2S2. The van der Waals surface area contributed by atoms with Gasteiger partial charge in [0.15, 0.2) is 14.9 Å². The Hall–Kier alpha value is -0.420. The first-order chi connectivity index (χ1) is 4.11. The summed E-state index contributed by atoms with van der Waals surface area (Å²) in [7, 11) is -3.06. The average Bonchev–Trinajstić information content (AvgIpc) is 2.08. The van der Waals surface area contributed by atoms with Crippen LogP contribution in [-0.2, 0) is 9.84 Å². The van der Waals surface area contributed by atoms with Gasteiger partial charge in [0, 0.05) is 11.6 Å². The van der Waals surface area contributed by atoms with Gasteiger partial charge in [-0.2, -0.15) is 0 Å². The summed E-state index contributed by atoms with van der Waals surface area (Å²) in [5.41, 5.74) is 1.50. The van der Waals surface area contributed by atoms with Gasteiger partial charge in [-0.05, 0) is 0 Å². The van der Waals surface area contributed by atoms with Crippen molar-refractivity contribution in [3.63, 3.8) is 0 Å². The molecule has 0 spiro atoms. The molecular weight excluding hydrogens is 158 g/mol. The van der Waals surface area contributed by atoms with Gasteiger partial charge in [0.2, 0.25) is 0 Å². The van der Waals surface area contributed by atoms with Crippen LogP contribution in [-0.4, -0.2) is 19.7 Å². The van der Waals surface area contributed by atoms with Crippen LogP contribution in [0.25, 0.3) is 0 Å². The van der Waals surface area contributed by atoms with Crippen molar-refractivity contribution in [1.29, 1.82) is 0 Å². The zero-order valence-electron chi connectivity index (χ0n) is 4.73. The summed E-state index contributed by atoms with van der Waals surface area (Å²) in [6, 6.07) is 0. The van der Waals surface area contributed by atoms with Crippen molar-refractivity contribution in [3.05, 3.63) is 10.9 Å². The number of rotatable bonds is 1. The number of nitrogens with zero attached hydrogens (tertiary/aromatic N) is 1. The average molecular weight is 163 g/mol. The molecule has 0 fully saturated rings. The second kappa shape index (κ2) is 2.07. The molecule has 3 nitrogen and oxygen atoms in total. The van der Waals surface area contributed by atoms with Gasteiger partial charge in [0.05, 0.1) is 5.51 Å². The number of hydrogen-bond acceptors (Lipinski definition) is 4. The largest absolute Gasteiger partial charge is 0.233 e. The summed E-state index contributed by atoms with van der Waals surface area (Å²) in [6.07, 6.45) is 1.14. The minimum Gasteiger partial charge on any atom is -0.233 e. The highest BCUT2D eigenvalue weighted by molar-refractivity contribution is 7.90. The van der Waals surface area contributed by atoms with Crippen molar-refractivity contribution >= 4 is 21.2 Å². The first kappa shape index (κ1) is 6.70. The van der Waals surface area contributed by atoms with E-state index in [1.165, 1.54) is 22.2 Å². The van der Waals surface area contributed by atoms with Crippen molar-refractivity contribution in [1.82, 2.24) is 4.98 Å². The van der Waals surface area contributed by atoms with E-state index in [1.807, 2.05) is 0 Å². The summed E-state index contributed by atoms with van der Waals surface area (Å²) >= 11 is 1.28. The SMILES string of the molecule is CS(=O)(=O)c1cscn1. The van der Waals surface area contributed by atoms with Crippen molar-refractivity contribution in [2.24, 2.45) is 0 Å². The Kier molecular flexibility index (Phi) is 1.54. The molecule has 1 aromatic heterocycles. The van der Waals surface area contributed by atoms with E-state index in [-0.39, 0.29) is 5.03 Å². The van der Waals surface area contributed by atoms with Crippen molar-refractivity contribution in [2.75, 3.05) is 6.26 Å². The highest BCUT2D eigenvalue weighted by atomic mass is 32.2. The van der Waals surface area contributed by atoms with Crippen LogP contribution in [0.1, 0.15) is 0 Å². The van der Waals surface area contributed by atoms with Crippen molar-refractivity contribution in [2.45, 2.75) is 5.03 Å². The van der Waals surface area contributed by atoms with E-state index < -0.39 is 9.84 Å². The summed E-state index contributed by atoms with van der Waals surface area (Å²) in [5.74, 6) is 0. The van der Waals surface area contributed by atoms with Gasteiger partial charge in [-0.15, -0.1) is 11.3 Å². The zero-order chi connectivity index (χ0) is 6.91. The molecule has 1 heterocycles. The molecule has 0 saturated carbocycles. The van der Waals surface area contributed by atoms with Crippen LogP contribution in [0.2, 0.25) is 0 Å². The molecule has 9 heavy (non-hydrogen) atoms. The minimum absolute atomic E-state index is 0.160. The lowest BCUT2D eigenvalue weighted by molar-refractivity contribution is 0.599. The number of thiazole rings is 1. The third-order valence-electron chi connectivity index (χ3n) is 0.790. The molecule has 0 unspecified atom stereocenters. The van der Waals surface area contributed by atoms with Gasteiger partial charge in [0.25, 0.3) is 0 Å². The molecule has 0 saturated heterocycles. The fourth-order valence-corrected chi connectivity index (χ4v) is 1.97. The van der Waals surface area contributed by atoms with E-state index in [0.29, 0.717) is 0 Å². The van der Waals surface area contributed by atoms with Crippen molar-refractivity contribution in [3.8, 4) is 0 Å². The molecule has 0 aliphatic rings. The predicted molar refractivity (Wildman–Crippen MR) is 35.2 cm³/mol. The lowest BCUT2D eigenvalue weighted by Crippen LogP contribution is -1.95. The summed E-state index contributed by atoms with van der Waals surface area (Å²) in [6.45, 7) is 0. The lowest BCUT2D eigenvalue weighted by Gasteiger charge is -1.85. The molecule has 0 aliphatic heterocycles. The fourth-order valence-electron chi connectivity index (χ4n) is 0.385. The maximum atomic E-state index is 10.6. The molecule has 0 radical (unpaired) electrons. The highest BCUT2D eigenvalue weighted by Crippen LogP contribution is 2.06. The van der Waals surface area contributed by atoms with Gasteiger partial charge in [0.1, 0.15) is 0 Å². The molecule has 0 atom stereocenters. The van der Waals surface area contributed by atoms with Gasteiger partial charge < -0.3 is 0 Å². The van der Waals surface area contributed by atoms with E-state index in [1.54, 1.807) is 0 Å². The van der Waals surface area contributed by atoms with Crippen LogP contribution >= 0.6 is 11.3 Å². The van der Waals surface area contributed by atoms with Crippen LogP contribution in [0.15, 0.2) is 15.9 Å². The summed E-state index contributed by atoms with van der Waals surface area (Å²) in [4.78, 5) is 3.62. The number of sulfone groups is 1. The topological polar surface area (TPSA) is 47.0 Å². The molecule has 0 aromatic carbocycles.